The fraction of sp³-hybridized carbons (Fsp3) is 0.150. The van der Waals surface area contributed by atoms with E-state index in [1.54, 1.807) is 33.4 Å². The summed E-state index contributed by atoms with van der Waals surface area (Å²) in [6.45, 7) is 0. The topological polar surface area (TPSA) is 135 Å². The number of carbonyl (C=O) groups excluding carboxylic acids is 1. The lowest BCUT2D eigenvalue weighted by molar-refractivity contribution is -0.117. The van der Waals surface area contributed by atoms with E-state index < -0.39 is 0 Å². The minimum absolute atomic E-state index is 0.00601. The van der Waals surface area contributed by atoms with Gasteiger partial charge in [-0.15, -0.1) is 10.2 Å². The first-order valence-electron chi connectivity index (χ1n) is 9.85. The smallest absolute Gasteiger partial charge is 0.228 e. The van der Waals surface area contributed by atoms with Crippen LogP contribution in [0.25, 0.3) is 17.0 Å². The van der Waals surface area contributed by atoms with Crippen LogP contribution < -0.4 is 5.32 Å². The van der Waals surface area contributed by atoms with Crippen molar-refractivity contribution in [3.63, 3.8) is 0 Å². The molecule has 5 aromatic rings. The van der Waals surface area contributed by atoms with Gasteiger partial charge in [0.2, 0.25) is 11.1 Å². The molecule has 1 fully saturated rings. The lowest BCUT2D eigenvalue weighted by atomic mass is 10.4. The van der Waals surface area contributed by atoms with Crippen LogP contribution in [0, 0.1) is 5.92 Å². The maximum atomic E-state index is 12.0. The molecule has 5 heterocycles. The number of hydrogen-bond acceptors (Lipinski definition) is 8. The maximum absolute atomic E-state index is 12.0. The summed E-state index contributed by atoms with van der Waals surface area (Å²) in [6, 6.07) is 9.91. The molecule has 0 spiro atoms. The molecule has 0 aromatic carbocycles. The summed E-state index contributed by atoms with van der Waals surface area (Å²) in [5, 5.41) is 37.0. The third-order valence-electron chi connectivity index (χ3n) is 5.14. The second-order valence-corrected chi connectivity index (χ2v) is 8.44. The average molecular weight is 448 g/mol. The molecule has 0 unspecified atom stereocenters. The van der Waals surface area contributed by atoms with E-state index in [9.17, 15) is 15.0 Å². The number of fused-ring (bicyclic) bond motifs is 2. The molecule has 160 valence electrons. The van der Waals surface area contributed by atoms with Crippen molar-refractivity contribution in [3.8, 4) is 17.4 Å². The van der Waals surface area contributed by atoms with E-state index >= 15 is 0 Å². The van der Waals surface area contributed by atoms with E-state index in [-0.39, 0.29) is 23.6 Å². The van der Waals surface area contributed by atoms with Crippen molar-refractivity contribution in [2.75, 3.05) is 5.32 Å². The fourth-order valence-electron chi connectivity index (χ4n) is 3.39. The van der Waals surface area contributed by atoms with Crippen molar-refractivity contribution in [3.05, 3.63) is 48.8 Å². The molecule has 6 rings (SSSR count). The summed E-state index contributed by atoms with van der Waals surface area (Å²) in [6.07, 6.45) is 5.25. The zero-order valence-electron chi connectivity index (χ0n) is 16.5. The molecule has 1 aliphatic rings. The molecule has 32 heavy (non-hydrogen) atoms. The number of nitrogens with one attached hydrogen (secondary N) is 1. The Labute approximate surface area is 184 Å². The van der Waals surface area contributed by atoms with Gasteiger partial charge in [0.1, 0.15) is 5.03 Å². The molecule has 0 saturated heterocycles. The second-order valence-electron chi connectivity index (χ2n) is 7.45. The molecule has 0 aliphatic heterocycles. The Morgan fingerprint density at radius 2 is 1.78 bits per heavy atom. The van der Waals surface area contributed by atoms with Crippen LogP contribution in [0.4, 0.5) is 5.82 Å². The highest BCUT2D eigenvalue weighted by Crippen LogP contribution is 2.31. The number of nitrogens with zero attached hydrogens (tertiary/aromatic N) is 7. The van der Waals surface area contributed by atoms with Crippen LogP contribution in [0.5, 0.6) is 11.8 Å². The molecule has 5 aromatic heterocycles. The van der Waals surface area contributed by atoms with Gasteiger partial charge in [-0.25, -0.2) is 9.50 Å². The quantitative estimate of drug-likeness (QED) is 0.373. The summed E-state index contributed by atoms with van der Waals surface area (Å²) >= 11 is 1.30. The predicted octanol–water partition coefficient (Wildman–Crippen LogP) is 2.47. The van der Waals surface area contributed by atoms with Crippen LogP contribution in [0.2, 0.25) is 0 Å². The number of aromatic nitrogens is 7. The lowest BCUT2D eigenvalue weighted by Crippen LogP contribution is -2.13. The molecular formula is C20H16N8O3S. The lowest BCUT2D eigenvalue weighted by Gasteiger charge is -2.08. The van der Waals surface area contributed by atoms with Gasteiger partial charge in [-0.1, -0.05) is 0 Å². The highest BCUT2D eigenvalue weighted by Gasteiger charge is 2.30. The third-order valence-corrected chi connectivity index (χ3v) is 6.03. The molecule has 0 bridgehead atoms. The van der Waals surface area contributed by atoms with Gasteiger partial charge in [-0.3, -0.25) is 13.8 Å². The average Bonchev–Trinajstić information content (AvgIpc) is 3.34. The largest absolute Gasteiger partial charge is 0.494 e. The van der Waals surface area contributed by atoms with Gasteiger partial charge in [0.25, 0.3) is 0 Å². The van der Waals surface area contributed by atoms with Crippen molar-refractivity contribution in [2.45, 2.75) is 23.0 Å². The van der Waals surface area contributed by atoms with Crippen molar-refractivity contribution in [1.29, 1.82) is 0 Å². The highest BCUT2D eigenvalue weighted by molar-refractivity contribution is 7.99. The summed E-state index contributed by atoms with van der Waals surface area (Å²) in [4.78, 5) is 16.4. The van der Waals surface area contributed by atoms with Gasteiger partial charge in [-0.2, -0.15) is 5.10 Å². The summed E-state index contributed by atoms with van der Waals surface area (Å²) < 4.78 is 4.66. The van der Waals surface area contributed by atoms with E-state index in [0.717, 1.165) is 12.8 Å². The number of hydrogen-bond donors (Lipinski definition) is 3. The number of rotatable bonds is 5. The van der Waals surface area contributed by atoms with Gasteiger partial charge in [-0.05, 0) is 48.9 Å². The maximum Gasteiger partial charge on any atom is 0.228 e. The predicted molar refractivity (Wildman–Crippen MR) is 114 cm³/mol. The Morgan fingerprint density at radius 1 is 1.00 bits per heavy atom. The SMILES string of the molecule is O=C(Nc1cn2nc(Sc3nnc4ccc(-n5c(O)ccc5O)cn34)ccc2n1)C1CC1. The Balaban J connectivity index is 1.31. The molecular weight excluding hydrogens is 432 g/mol. The van der Waals surface area contributed by atoms with E-state index in [1.807, 2.05) is 12.1 Å². The van der Waals surface area contributed by atoms with Gasteiger partial charge in [0.15, 0.2) is 28.9 Å². The van der Waals surface area contributed by atoms with E-state index in [0.29, 0.717) is 33.0 Å². The second kappa shape index (κ2) is 6.99. The van der Waals surface area contributed by atoms with Crippen molar-refractivity contribution in [1.82, 2.24) is 33.8 Å². The molecule has 12 heteroatoms. The van der Waals surface area contributed by atoms with Gasteiger partial charge < -0.3 is 15.5 Å². The fourth-order valence-corrected chi connectivity index (χ4v) is 4.17. The number of amides is 1. The Hall–Kier alpha value is -4.06. The highest BCUT2D eigenvalue weighted by atomic mass is 32.2. The first kappa shape index (κ1) is 18.7. The minimum atomic E-state index is -0.0825. The van der Waals surface area contributed by atoms with Crippen LogP contribution in [-0.4, -0.2) is 49.9 Å². The van der Waals surface area contributed by atoms with E-state index in [2.05, 4.69) is 25.6 Å². The summed E-state index contributed by atoms with van der Waals surface area (Å²) in [7, 11) is 0. The van der Waals surface area contributed by atoms with Crippen LogP contribution in [0.15, 0.2) is 59.0 Å². The molecule has 3 N–H and O–H groups in total. The normalized spacial score (nSPS) is 13.8. The Bertz CT molecular complexity index is 1480. The van der Waals surface area contributed by atoms with Crippen LogP contribution in [0.3, 0.4) is 0 Å². The van der Waals surface area contributed by atoms with Gasteiger partial charge in [0.05, 0.1) is 11.9 Å². The van der Waals surface area contributed by atoms with Crippen LogP contribution in [-0.2, 0) is 4.79 Å². The number of anilines is 1. The van der Waals surface area contributed by atoms with Crippen molar-refractivity contribution >= 4 is 34.8 Å². The first-order chi connectivity index (χ1) is 15.5. The minimum Gasteiger partial charge on any atom is -0.494 e. The van der Waals surface area contributed by atoms with Crippen molar-refractivity contribution < 1.29 is 15.0 Å². The van der Waals surface area contributed by atoms with E-state index in [1.165, 1.54) is 28.5 Å². The third kappa shape index (κ3) is 3.21. The molecule has 1 saturated carbocycles. The number of carbonyl (C=O) groups is 1. The van der Waals surface area contributed by atoms with Crippen LogP contribution >= 0.6 is 11.8 Å². The zero-order valence-corrected chi connectivity index (χ0v) is 17.3. The van der Waals surface area contributed by atoms with E-state index in [4.69, 9.17) is 0 Å². The van der Waals surface area contributed by atoms with Crippen LogP contribution in [0.1, 0.15) is 12.8 Å². The Morgan fingerprint density at radius 3 is 2.56 bits per heavy atom. The number of imidazole rings is 1. The molecule has 0 atom stereocenters. The zero-order chi connectivity index (χ0) is 21.8. The number of aromatic hydroxyl groups is 2. The number of pyridine rings is 1. The van der Waals surface area contributed by atoms with Gasteiger partial charge in [0, 0.05) is 24.2 Å². The Kier molecular flexibility index (Phi) is 4.08. The molecule has 1 aliphatic carbocycles. The molecule has 11 nitrogen and oxygen atoms in total. The molecule has 1 amide bonds. The standard InChI is InChI=1S/C20H16N8O3S/c29-17-7-8-18(30)28(17)12-3-4-15-23-24-20(26(15)9-12)32-16-6-5-14-21-13(10-27(14)25-16)22-19(31)11-1-2-11/h3-11,29-30H,1-2H2,(H,22,31). The monoisotopic (exact) mass is 448 g/mol. The van der Waals surface area contributed by atoms with Gasteiger partial charge >= 0.3 is 0 Å². The molecule has 0 radical (unpaired) electrons. The summed E-state index contributed by atoms with van der Waals surface area (Å²) in [5.41, 5.74) is 1.77. The summed E-state index contributed by atoms with van der Waals surface area (Å²) in [5.74, 6) is 0.399. The first-order valence-corrected chi connectivity index (χ1v) is 10.7. The van der Waals surface area contributed by atoms with Crippen molar-refractivity contribution in [2.24, 2.45) is 5.92 Å².